The summed E-state index contributed by atoms with van der Waals surface area (Å²) < 4.78 is 48.2. The number of anilines is 1. The lowest BCUT2D eigenvalue weighted by atomic mass is 9.89. The lowest BCUT2D eigenvalue weighted by molar-refractivity contribution is -0.135. The lowest BCUT2D eigenvalue weighted by Gasteiger charge is -2.38. The van der Waals surface area contributed by atoms with Crippen LogP contribution in [0.4, 0.5) is 19.4 Å². The van der Waals surface area contributed by atoms with Gasteiger partial charge in [0.15, 0.2) is 5.82 Å². The van der Waals surface area contributed by atoms with Crippen LogP contribution in [-0.2, 0) is 34.2 Å². The van der Waals surface area contributed by atoms with Crippen molar-refractivity contribution < 1.29 is 42.9 Å². The van der Waals surface area contributed by atoms with Crippen LogP contribution in [0.3, 0.4) is 0 Å². The quantitative estimate of drug-likeness (QED) is 0.0988. The predicted octanol–water partition coefficient (Wildman–Crippen LogP) is 9.11. The minimum absolute atomic E-state index is 0.00178. The first-order chi connectivity index (χ1) is 38.1. The molecule has 0 saturated carbocycles. The molecule has 5 aromatic carbocycles. The molecule has 0 aliphatic carbocycles. The van der Waals surface area contributed by atoms with Gasteiger partial charge in [0.1, 0.15) is 42.2 Å². The third-order valence-corrected chi connectivity index (χ3v) is 17.7. The van der Waals surface area contributed by atoms with E-state index in [9.17, 15) is 29.4 Å². The Kier molecular flexibility index (Phi) is 13.7. The van der Waals surface area contributed by atoms with E-state index in [0.29, 0.717) is 89.0 Å². The number of imidazole rings is 1. The van der Waals surface area contributed by atoms with Crippen molar-refractivity contribution >= 4 is 56.4 Å². The molecule has 5 aliphatic heterocycles. The van der Waals surface area contributed by atoms with Crippen molar-refractivity contribution in [3.05, 3.63) is 112 Å². The summed E-state index contributed by atoms with van der Waals surface area (Å²) in [5, 5.41) is 25.9. The number of ether oxygens (including phenoxy) is 2. The lowest BCUT2D eigenvalue weighted by Crippen LogP contribution is -2.48. The van der Waals surface area contributed by atoms with Crippen molar-refractivity contribution in [2.24, 2.45) is 13.0 Å². The molecule has 12 rings (SSSR count). The molecule has 7 heterocycles. The summed E-state index contributed by atoms with van der Waals surface area (Å²) in [6.07, 6.45) is 7.86. The van der Waals surface area contributed by atoms with Crippen molar-refractivity contribution in [3.8, 4) is 34.0 Å². The fourth-order valence-electron chi connectivity index (χ4n) is 13.6. The van der Waals surface area contributed by atoms with E-state index in [4.69, 9.17) is 19.4 Å². The van der Waals surface area contributed by atoms with E-state index in [0.717, 1.165) is 62.6 Å². The van der Waals surface area contributed by atoms with Gasteiger partial charge in [-0.25, -0.2) is 18.4 Å². The number of aliphatic hydroxyl groups is 1. The van der Waals surface area contributed by atoms with E-state index >= 15 is 8.78 Å². The van der Waals surface area contributed by atoms with Gasteiger partial charge in [0.05, 0.1) is 22.2 Å². The van der Waals surface area contributed by atoms with E-state index in [2.05, 4.69) is 34.5 Å². The number of phenols is 1. The molecule has 0 radical (unpaired) electrons. The number of likely N-dealkylation sites (tertiary alicyclic amines) is 1. The summed E-state index contributed by atoms with van der Waals surface area (Å²) in [7, 11) is 1.69. The fraction of sp³-hybridized carbons (Fsp3) is 0.443. The van der Waals surface area contributed by atoms with Gasteiger partial charge in [-0.2, -0.15) is 9.97 Å². The zero-order chi connectivity index (χ0) is 54.9. The number of halogens is 2. The number of benzene rings is 5. The molecule has 0 bridgehead atoms. The number of nitrogens with one attached hydrogen (secondary N) is 1. The number of amides is 3. The molecule has 5 aliphatic rings. The standard InChI is InChI=1S/C61H66F2N8O8/c1-4-43-47(62)15-11-40-30-42(72)32-46(52(40)43)44-13-14-45-54(53(44)63)65-57(66-55(45)69-25-5-22-60(2,77)34-69)79-35-61-23-6-26-70(61)41(19-24-61)33-78-59(76)68-27-20-37(21-28-68)29-36-7-9-38(10-8-36)39-12-16-48-50(31-39)67(3)58(75)71(48)49-17-18-51(73)64-56(49)74/h7-16,30-32,37,41,49,72,77H,4-6,17-29,33-35H2,1-3H3,(H,64,73,74)/t41-,49?,60+,61-/m0/s1. The Morgan fingerprint density at radius 1 is 0.848 bits per heavy atom. The average Bonchev–Trinajstić information content (AvgIpc) is 4.32. The molecule has 4 atom stereocenters. The molecule has 79 heavy (non-hydrogen) atoms. The molecule has 412 valence electrons. The van der Waals surface area contributed by atoms with Crippen LogP contribution in [0.15, 0.2) is 83.7 Å². The zero-order valence-corrected chi connectivity index (χ0v) is 44.9. The minimum atomic E-state index is -0.987. The van der Waals surface area contributed by atoms with Crippen LogP contribution in [0, 0.1) is 17.6 Å². The number of carbonyl (C=O) groups is 3. The van der Waals surface area contributed by atoms with E-state index in [-0.39, 0.29) is 84.7 Å². The number of nitrogens with zero attached hydrogens (tertiary/aromatic N) is 7. The van der Waals surface area contributed by atoms with E-state index in [1.165, 1.54) is 22.3 Å². The highest BCUT2D eigenvalue weighted by Gasteiger charge is 2.50. The first-order valence-corrected chi connectivity index (χ1v) is 27.9. The Morgan fingerprint density at radius 3 is 2.41 bits per heavy atom. The topological polar surface area (TPSA) is 185 Å². The number of aromatic hydroxyl groups is 1. The summed E-state index contributed by atoms with van der Waals surface area (Å²) in [6.45, 7) is 7.04. The van der Waals surface area contributed by atoms with Gasteiger partial charge in [-0.05, 0) is 165 Å². The van der Waals surface area contributed by atoms with Crippen molar-refractivity contribution in [2.75, 3.05) is 50.8 Å². The van der Waals surface area contributed by atoms with Crippen molar-refractivity contribution in [3.63, 3.8) is 0 Å². The summed E-state index contributed by atoms with van der Waals surface area (Å²) in [5.41, 5.74) is 3.80. The molecule has 3 N–H and O–H groups in total. The largest absolute Gasteiger partial charge is 0.508 e. The zero-order valence-electron chi connectivity index (χ0n) is 44.9. The number of aromatic nitrogens is 4. The van der Waals surface area contributed by atoms with Crippen LogP contribution in [0.25, 0.3) is 55.0 Å². The van der Waals surface area contributed by atoms with Gasteiger partial charge in [0.25, 0.3) is 0 Å². The van der Waals surface area contributed by atoms with E-state index < -0.39 is 29.2 Å². The number of carbonyl (C=O) groups excluding carboxylic acids is 3. The molecule has 0 spiro atoms. The number of aryl methyl sites for hydroxylation is 2. The maximum atomic E-state index is 17.3. The van der Waals surface area contributed by atoms with Crippen LogP contribution in [0.2, 0.25) is 0 Å². The Balaban J connectivity index is 0.685. The van der Waals surface area contributed by atoms with E-state index in [1.54, 1.807) is 42.8 Å². The van der Waals surface area contributed by atoms with Crippen LogP contribution < -0.4 is 20.6 Å². The smallest absolute Gasteiger partial charge is 0.409 e. The van der Waals surface area contributed by atoms with Crippen LogP contribution in [0.5, 0.6) is 11.8 Å². The number of imide groups is 1. The van der Waals surface area contributed by atoms with Crippen LogP contribution in [0.1, 0.15) is 95.2 Å². The van der Waals surface area contributed by atoms with Gasteiger partial charge in [-0.15, -0.1) is 0 Å². The molecule has 3 amide bonds. The van der Waals surface area contributed by atoms with Gasteiger partial charge < -0.3 is 29.5 Å². The second kappa shape index (κ2) is 20.7. The average molecular weight is 1080 g/mol. The van der Waals surface area contributed by atoms with Crippen molar-refractivity contribution in [2.45, 2.75) is 114 Å². The number of phenolic OH excluding ortho intramolecular Hbond substituents is 1. The Bertz CT molecular complexity index is 3630. The highest BCUT2D eigenvalue weighted by Crippen LogP contribution is 2.45. The van der Waals surface area contributed by atoms with Gasteiger partial charge in [0.2, 0.25) is 11.8 Å². The number of hydrogen-bond acceptors (Lipinski definition) is 12. The molecule has 7 aromatic rings. The van der Waals surface area contributed by atoms with Gasteiger partial charge >= 0.3 is 17.8 Å². The third-order valence-electron chi connectivity index (χ3n) is 17.7. The summed E-state index contributed by atoms with van der Waals surface area (Å²) in [4.78, 5) is 67.2. The molecule has 1 unspecified atom stereocenters. The van der Waals surface area contributed by atoms with Gasteiger partial charge in [-0.1, -0.05) is 49.4 Å². The predicted molar refractivity (Wildman–Crippen MR) is 296 cm³/mol. The number of fused-ring (bicyclic) bond motifs is 4. The number of rotatable bonds is 12. The second-order valence-electron chi connectivity index (χ2n) is 22.9. The number of hydrogen-bond donors (Lipinski definition) is 3. The normalized spacial score (nSPS) is 23.0. The summed E-state index contributed by atoms with van der Waals surface area (Å²) in [5.74, 6) is -1.07. The Labute approximate surface area is 455 Å². The maximum absolute atomic E-state index is 17.3. The first-order valence-electron chi connectivity index (χ1n) is 27.9. The monoisotopic (exact) mass is 1080 g/mol. The molecular formula is C61H66F2N8O8. The van der Waals surface area contributed by atoms with Crippen molar-refractivity contribution in [1.82, 2.24) is 34.2 Å². The van der Waals surface area contributed by atoms with Gasteiger partial charge in [0, 0.05) is 56.6 Å². The van der Waals surface area contributed by atoms with Crippen LogP contribution >= 0.6 is 0 Å². The molecule has 18 heteroatoms. The third kappa shape index (κ3) is 9.74. The summed E-state index contributed by atoms with van der Waals surface area (Å²) >= 11 is 0. The van der Waals surface area contributed by atoms with E-state index in [1.807, 2.05) is 34.9 Å². The highest BCUT2D eigenvalue weighted by molar-refractivity contribution is 6.03. The Hall–Kier alpha value is -7.44. The maximum Gasteiger partial charge on any atom is 0.409 e. The fourth-order valence-corrected chi connectivity index (χ4v) is 13.6. The first kappa shape index (κ1) is 52.3. The highest BCUT2D eigenvalue weighted by atomic mass is 19.1. The number of β-amino-alcohol motifs (C(OH)–C–C–N with tert-alkyl or cyclic N) is 1. The SMILES string of the molecule is CCc1c(F)ccc2cc(O)cc(-c3ccc4c(N5CCC[C@@](C)(O)C5)nc(OC[C@@]56CCCN5[C@H](COC(=O)N5CCC(Cc7ccc(-c8ccc9c(c8)n(C)c(=O)n9C8CCC(=O)NC8=O)cc7)CC5)CC6)nc4c3F)c12. The molecule has 5 saturated heterocycles. The second-order valence-corrected chi connectivity index (χ2v) is 22.9. The Morgan fingerprint density at radius 2 is 1.63 bits per heavy atom. The summed E-state index contributed by atoms with van der Waals surface area (Å²) in [6, 6.07) is 22.8. The minimum Gasteiger partial charge on any atom is -0.508 e. The molecule has 16 nitrogen and oxygen atoms in total. The van der Waals surface area contributed by atoms with Crippen molar-refractivity contribution in [1.29, 1.82) is 0 Å². The van der Waals surface area contributed by atoms with Gasteiger partial charge in [-0.3, -0.25) is 28.9 Å². The van der Waals surface area contributed by atoms with Crippen LogP contribution in [-0.4, -0.2) is 120 Å². The number of piperidine rings is 3. The molecule has 2 aromatic heterocycles. The molecule has 5 fully saturated rings. The molecular weight excluding hydrogens is 1010 g/mol.